The summed E-state index contributed by atoms with van der Waals surface area (Å²) >= 11 is 0. The molecule has 0 spiro atoms. The topological polar surface area (TPSA) is 80.1 Å². The van der Waals surface area contributed by atoms with Crippen molar-refractivity contribution in [3.05, 3.63) is 30.0 Å². The van der Waals surface area contributed by atoms with E-state index in [1.165, 1.54) is 0 Å². The van der Waals surface area contributed by atoms with Gasteiger partial charge in [0, 0.05) is 37.6 Å². The molecule has 0 N–H and O–H groups in total. The minimum Gasteiger partial charge on any atom is -0.493 e. The van der Waals surface area contributed by atoms with Crippen molar-refractivity contribution in [1.29, 1.82) is 0 Å². The fourth-order valence-electron chi connectivity index (χ4n) is 3.99. The molecule has 4 rings (SSSR count). The summed E-state index contributed by atoms with van der Waals surface area (Å²) in [5.41, 5.74) is 0.588. The average molecular weight is 392 g/mol. The van der Waals surface area contributed by atoms with Crippen LogP contribution in [-0.2, 0) is 9.84 Å². The minimum atomic E-state index is -2.85. The Kier molecular flexibility index (Phi) is 4.86. The summed E-state index contributed by atoms with van der Waals surface area (Å²) in [5.74, 6) is 1.38. The summed E-state index contributed by atoms with van der Waals surface area (Å²) in [6, 6.07) is 7.64. The number of para-hydroxylation sites is 1. The molecule has 0 bridgehead atoms. The van der Waals surface area contributed by atoms with Crippen molar-refractivity contribution >= 4 is 26.7 Å². The van der Waals surface area contributed by atoms with E-state index in [2.05, 4.69) is 4.90 Å². The Morgan fingerprint density at radius 3 is 2.52 bits per heavy atom. The molecule has 1 aromatic carbocycles. The van der Waals surface area contributed by atoms with E-state index in [1.54, 1.807) is 18.1 Å². The lowest BCUT2D eigenvalue weighted by molar-refractivity contribution is 0.0532. The van der Waals surface area contributed by atoms with Crippen LogP contribution in [0.3, 0.4) is 0 Å². The Balaban J connectivity index is 1.40. The van der Waals surface area contributed by atoms with Crippen molar-refractivity contribution in [1.82, 2.24) is 9.80 Å². The number of nitrogens with zero attached hydrogens (tertiary/aromatic N) is 2. The van der Waals surface area contributed by atoms with Gasteiger partial charge in [0.05, 0.1) is 18.6 Å². The van der Waals surface area contributed by atoms with Crippen molar-refractivity contribution < 1.29 is 22.4 Å². The Bertz CT molecular complexity index is 930. The molecule has 2 saturated heterocycles. The standard InChI is InChI=1S/C19H24N2O5S/c1-25-16-4-2-3-14-13-17(26-18(14)16)19(22)21-9-7-20(8-10-21)15-5-11-27(23,24)12-6-15/h2-4,13,15H,5-12H2,1H3. The summed E-state index contributed by atoms with van der Waals surface area (Å²) < 4.78 is 34.3. The minimum absolute atomic E-state index is 0.112. The molecule has 7 nitrogen and oxygen atoms in total. The SMILES string of the molecule is COc1cccc2cc(C(=O)N3CCN(C4CCS(=O)(=O)CC4)CC3)oc12. The van der Waals surface area contributed by atoms with Gasteiger partial charge in [-0.05, 0) is 25.0 Å². The lowest BCUT2D eigenvalue weighted by Gasteiger charge is -2.40. The molecule has 27 heavy (non-hydrogen) atoms. The van der Waals surface area contributed by atoms with E-state index >= 15 is 0 Å². The number of hydrogen-bond acceptors (Lipinski definition) is 6. The van der Waals surface area contributed by atoms with Crippen molar-refractivity contribution in [3.63, 3.8) is 0 Å². The van der Waals surface area contributed by atoms with Gasteiger partial charge in [0.2, 0.25) is 0 Å². The molecule has 2 fully saturated rings. The quantitative estimate of drug-likeness (QED) is 0.792. The van der Waals surface area contributed by atoms with E-state index in [0.717, 1.165) is 18.5 Å². The van der Waals surface area contributed by atoms with Crippen LogP contribution in [0.1, 0.15) is 23.4 Å². The first kappa shape index (κ1) is 18.3. The van der Waals surface area contributed by atoms with Gasteiger partial charge in [-0.15, -0.1) is 0 Å². The second-order valence-corrected chi connectivity index (χ2v) is 9.50. The van der Waals surface area contributed by atoms with E-state index in [4.69, 9.17) is 9.15 Å². The summed E-state index contributed by atoms with van der Waals surface area (Å²) in [7, 11) is -1.27. The molecule has 1 aromatic heterocycles. The number of hydrogen-bond donors (Lipinski definition) is 0. The highest BCUT2D eigenvalue weighted by Gasteiger charge is 2.31. The van der Waals surface area contributed by atoms with Crippen LogP contribution < -0.4 is 4.74 Å². The molecule has 0 radical (unpaired) electrons. The summed E-state index contributed by atoms with van der Waals surface area (Å²) in [5, 5.41) is 0.847. The predicted molar refractivity (Wildman–Crippen MR) is 102 cm³/mol. The zero-order chi connectivity index (χ0) is 19.0. The van der Waals surface area contributed by atoms with Crippen LogP contribution in [0.15, 0.2) is 28.7 Å². The highest BCUT2D eigenvalue weighted by atomic mass is 32.2. The third-order valence-electron chi connectivity index (χ3n) is 5.58. The Morgan fingerprint density at radius 1 is 1.15 bits per heavy atom. The van der Waals surface area contributed by atoms with E-state index in [1.807, 2.05) is 18.2 Å². The fraction of sp³-hybridized carbons (Fsp3) is 0.526. The first-order valence-electron chi connectivity index (χ1n) is 9.27. The Morgan fingerprint density at radius 2 is 1.85 bits per heavy atom. The predicted octanol–water partition coefficient (Wildman–Crippen LogP) is 1.78. The molecule has 0 aliphatic carbocycles. The van der Waals surface area contributed by atoms with Gasteiger partial charge < -0.3 is 14.1 Å². The first-order chi connectivity index (χ1) is 13.0. The maximum absolute atomic E-state index is 12.8. The second kappa shape index (κ2) is 7.16. The van der Waals surface area contributed by atoms with Gasteiger partial charge in [-0.25, -0.2) is 8.42 Å². The van der Waals surface area contributed by atoms with Crippen LogP contribution in [0.2, 0.25) is 0 Å². The molecular formula is C19H24N2O5S. The molecular weight excluding hydrogens is 368 g/mol. The zero-order valence-electron chi connectivity index (χ0n) is 15.4. The largest absolute Gasteiger partial charge is 0.493 e. The third-order valence-corrected chi connectivity index (χ3v) is 7.30. The van der Waals surface area contributed by atoms with Crippen LogP contribution >= 0.6 is 0 Å². The number of sulfone groups is 1. The number of benzene rings is 1. The zero-order valence-corrected chi connectivity index (χ0v) is 16.2. The van der Waals surface area contributed by atoms with E-state index in [9.17, 15) is 13.2 Å². The van der Waals surface area contributed by atoms with Crippen LogP contribution in [0.4, 0.5) is 0 Å². The summed E-state index contributed by atoms with van der Waals surface area (Å²) in [4.78, 5) is 17.0. The van der Waals surface area contributed by atoms with Gasteiger partial charge in [0.1, 0.15) is 9.84 Å². The molecule has 1 amide bonds. The number of carbonyl (C=O) groups is 1. The number of piperazine rings is 1. The number of ether oxygens (including phenoxy) is 1. The maximum Gasteiger partial charge on any atom is 0.289 e. The van der Waals surface area contributed by atoms with Crippen molar-refractivity contribution in [3.8, 4) is 5.75 Å². The Labute approximate surface area is 158 Å². The molecule has 8 heteroatoms. The van der Waals surface area contributed by atoms with E-state index in [0.29, 0.717) is 49.1 Å². The van der Waals surface area contributed by atoms with Crippen LogP contribution in [0.5, 0.6) is 5.75 Å². The lowest BCUT2D eigenvalue weighted by atomic mass is 10.1. The molecule has 3 heterocycles. The van der Waals surface area contributed by atoms with Crippen molar-refractivity contribution in [2.75, 3.05) is 44.8 Å². The molecule has 0 saturated carbocycles. The average Bonchev–Trinajstić information content (AvgIpc) is 3.12. The molecule has 0 atom stereocenters. The fourth-order valence-corrected chi connectivity index (χ4v) is 5.46. The Hall–Kier alpha value is -2.06. The van der Waals surface area contributed by atoms with Crippen molar-refractivity contribution in [2.45, 2.75) is 18.9 Å². The maximum atomic E-state index is 12.8. The van der Waals surface area contributed by atoms with Crippen LogP contribution in [-0.4, -0.2) is 75.0 Å². The van der Waals surface area contributed by atoms with Gasteiger partial charge in [-0.1, -0.05) is 12.1 Å². The molecule has 2 aromatic rings. The van der Waals surface area contributed by atoms with Gasteiger partial charge >= 0.3 is 0 Å². The van der Waals surface area contributed by atoms with Gasteiger partial charge in [-0.2, -0.15) is 0 Å². The number of rotatable bonds is 3. The lowest BCUT2D eigenvalue weighted by Crippen LogP contribution is -2.53. The third kappa shape index (κ3) is 3.68. The summed E-state index contributed by atoms with van der Waals surface area (Å²) in [6.45, 7) is 2.77. The number of fused-ring (bicyclic) bond motifs is 1. The van der Waals surface area contributed by atoms with Crippen LogP contribution in [0, 0.1) is 0 Å². The number of amides is 1. The molecule has 2 aliphatic rings. The monoisotopic (exact) mass is 392 g/mol. The number of furan rings is 1. The van der Waals surface area contributed by atoms with Gasteiger partial charge in [-0.3, -0.25) is 9.69 Å². The normalized spacial score (nSPS) is 21.4. The summed E-state index contributed by atoms with van der Waals surface area (Å²) in [6.07, 6.45) is 1.39. The van der Waals surface area contributed by atoms with Gasteiger partial charge in [0.25, 0.3) is 5.91 Å². The number of methoxy groups -OCH3 is 1. The van der Waals surface area contributed by atoms with Gasteiger partial charge in [0.15, 0.2) is 17.1 Å². The van der Waals surface area contributed by atoms with Crippen molar-refractivity contribution in [2.24, 2.45) is 0 Å². The highest BCUT2D eigenvalue weighted by Crippen LogP contribution is 2.29. The first-order valence-corrected chi connectivity index (χ1v) is 11.1. The van der Waals surface area contributed by atoms with E-state index in [-0.39, 0.29) is 17.4 Å². The molecule has 2 aliphatic heterocycles. The second-order valence-electron chi connectivity index (χ2n) is 7.20. The number of carbonyl (C=O) groups excluding carboxylic acids is 1. The molecule has 146 valence electrons. The highest BCUT2D eigenvalue weighted by molar-refractivity contribution is 7.91. The smallest absolute Gasteiger partial charge is 0.289 e. The molecule has 0 unspecified atom stereocenters. The van der Waals surface area contributed by atoms with E-state index < -0.39 is 9.84 Å². The van der Waals surface area contributed by atoms with Crippen LogP contribution in [0.25, 0.3) is 11.0 Å².